The third kappa shape index (κ3) is 3.71. The van der Waals surface area contributed by atoms with Crippen molar-refractivity contribution in [3.05, 3.63) is 102 Å². The van der Waals surface area contributed by atoms with Gasteiger partial charge in [0.15, 0.2) is 0 Å². The first-order valence-electron chi connectivity index (χ1n) is 10.1. The molecule has 2 aliphatic heterocycles. The minimum atomic E-state index is 0.170. The number of ether oxygens (including phenoxy) is 1. The molecule has 2 aliphatic rings. The molecule has 146 valence electrons. The third-order valence-corrected chi connectivity index (χ3v) is 6.68. The van der Waals surface area contributed by atoms with E-state index >= 15 is 0 Å². The number of morpholine rings is 1. The van der Waals surface area contributed by atoms with Crippen LogP contribution in [0.4, 0.5) is 5.69 Å². The summed E-state index contributed by atoms with van der Waals surface area (Å²) in [6.07, 6.45) is 0.170. The molecule has 5 rings (SSSR count). The second-order valence-corrected chi connectivity index (χ2v) is 8.23. The van der Waals surface area contributed by atoms with E-state index in [0.29, 0.717) is 0 Å². The normalized spacial score (nSPS) is 20.3. The van der Waals surface area contributed by atoms with Gasteiger partial charge in [0.25, 0.3) is 0 Å². The molecule has 2 heterocycles. The quantitative estimate of drug-likeness (QED) is 0.546. The van der Waals surface area contributed by atoms with Gasteiger partial charge in [0.05, 0.1) is 13.2 Å². The van der Waals surface area contributed by atoms with Crippen molar-refractivity contribution in [1.82, 2.24) is 4.90 Å². The summed E-state index contributed by atoms with van der Waals surface area (Å²) in [7, 11) is 0. The van der Waals surface area contributed by atoms with Crippen LogP contribution in [0.2, 0.25) is 0 Å². The lowest BCUT2D eigenvalue weighted by Crippen LogP contribution is -2.49. The average molecular weight is 401 g/mol. The van der Waals surface area contributed by atoms with Gasteiger partial charge in [-0.15, -0.1) is 0 Å². The van der Waals surface area contributed by atoms with E-state index in [2.05, 4.69) is 100 Å². The molecule has 3 nitrogen and oxygen atoms in total. The van der Waals surface area contributed by atoms with Gasteiger partial charge in [0.2, 0.25) is 0 Å². The van der Waals surface area contributed by atoms with E-state index in [9.17, 15) is 0 Å². The lowest BCUT2D eigenvalue weighted by molar-refractivity contribution is 0.0299. The van der Waals surface area contributed by atoms with E-state index in [1.165, 1.54) is 27.3 Å². The second kappa shape index (κ2) is 8.46. The Morgan fingerprint density at radius 2 is 1.24 bits per heavy atom. The SMILES string of the molecule is c1ccc(C2=C(c3ccccc3)C(N3CCOCC3)N(c3ccccc3)S2)cc1. The van der Waals surface area contributed by atoms with Crippen LogP contribution >= 0.6 is 11.9 Å². The van der Waals surface area contributed by atoms with Crippen LogP contribution in [0.3, 0.4) is 0 Å². The summed E-state index contributed by atoms with van der Waals surface area (Å²) < 4.78 is 8.14. The molecule has 1 atom stereocenters. The number of benzene rings is 3. The molecule has 3 aromatic carbocycles. The molecule has 0 bridgehead atoms. The Bertz CT molecular complexity index is 969. The first-order valence-corrected chi connectivity index (χ1v) is 10.9. The van der Waals surface area contributed by atoms with Crippen molar-refractivity contribution in [3.8, 4) is 0 Å². The van der Waals surface area contributed by atoms with Crippen LogP contribution in [-0.4, -0.2) is 37.4 Å². The number of para-hydroxylation sites is 1. The topological polar surface area (TPSA) is 15.7 Å². The molecule has 29 heavy (non-hydrogen) atoms. The molecule has 1 unspecified atom stereocenters. The van der Waals surface area contributed by atoms with Crippen LogP contribution in [-0.2, 0) is 4.74 Å². The van der Waals surface area contributed by atoms with Gasteiger partial charge in [-0.25, -0.2) is 0 Å². The molecule has 0 spiro atoms. The van der Waals surface area contributed by atoms with E-state index in [-0.39, 0.29) is 6.17 Å². The summed E-state index contributed by atoms with van der Waals surface area (Å²) in [5.41, 5.74) is 5.17. The first-order chi connectivity index (χ1) is 14.4. The zero-order valence-electron chi connectivity index (χ0n) is 16.3. The summed E-state index contributed by atoms with van der Waals surface area (Å²) >= 11 is 1.85. The van der Waals surface area contributed by atoms with E-state index in [1.54, 1.807) is 0 Å². The average Bonchev–Trinajstić information content (AvgIpc) is 3.22. The largest absolute Gasteiger partial charge is 0.379 e. The molecular formula is C25H24N2OS. The molecule has 1 fully saturated rings. The van der Waals surface area contributed by atoms with Crippen LogP contribution in [0.15, 0.2) is 91.0 Å². The fourth-order valence-electron chi connectivity index (χ4n) is 4.05. The maximum absolute atomic E-state index is 5.67. The van der Waals surface area contributed by atoms with Crippen molar-refractivity contribution >= 4 is 28.1 Å². The number of hydrogen-bond donors (Lipinski definition) is 0. The van der Waals surface area contributed by atoms with Gasteiger partial charge in [-0.1, -0.05) is 78.9 Å². The number of rotatable bonds is 4. The van der Waals surface area contributed by atoms with Gasteiger partial charge in [-0.05, 0) is 35.2 Å². The minimum Gasteiger partial charge on any atom is -0.379 e. The molecule has 3 aromatic rings. The molecule has 0 amide bonds. The minimum absolute atomic E-state index is 0.170. The van der Waals surface area contributed by atoms with Gasteiger partial charge in [-0.3, -0.25) is 9.21 Å². The van der Waals surface area contributed by atoms with Crippen molar-refractivity contribution < 1.29 is 4.74 Å². The molecule has 0 N–H and O–H groups in total. The van der Waals surface area contributed by atoms with Gasteiger partial charge in [0, 0.05) is 29.3 Å². The van der Waals surface area contributed by atoms with Crippen molar-refractivity contribution in [1.29, 1.82) is 0 Å². The monoisotopic (exact) mass is 400 g/mol. The number of hydrogen-bond acceptors (Lipinski definition) is 4. The highest BCUT2D eigenvalue weighted by molar-refractivity contribution is 8.10. The van der Waals surface area contributed by atoms with Gasteiger partial charge in [0.1, 0.15) is 6.17 Å². The predicted octanol–water partition coefficient (Wildman–Crippen LogP) is 5.38. The van der Waals surface area contributed by atoms with Crippen molar-refractivity contribution in [2.45, 2.75) is 6.17 Å². The first kappa shape index (κ1) is 18.5. The highest BCUT2D eigenvalue weighted by atomic mass is 32.2. The van der Waals surface area contributed by atoms with Crippen molar-refractivity contribution in [2.75, 3.05) is 30.6 Å². The lowest BCUT2D eigenvalue weighted by atomic mass is 9.98. The van der Waals surface area contributed by atoms with E-state index in [4.69, 9.17) is 4.74 Å². The standard InChI is InChI=1S/C25H24N2OS/c1-4-10-20(11-5-1)23-24(21-12-6-2-7-13-21)29-27(22-14-8-3-9-15-22)25(23)26-16-18-28-19-17-26/h1-15,25H,16-19H2. The van der Waals surface area contributed by atoms with Crippen LogP contribution in [0.5, 0.6) is 0 Å². The number of anilines is 1. The summed E-state index contributed by atoms with van der Waals surface area (Å²) in [6, 6.07) is 32.3. The molecule has 0 radical (unpaired) electrons. The molecule has 0 aliphatic carbocycles. The van der Waals surface area contributed by atoms with Crippen LogP contribution in [0.25, 0.3) is 10.5 Å². The fourth-order valence-corrected chi connectivity index (χ4v) is 5.37. The summed E-state index contributed by atoms with van der Waals surface area (Å²) in [4.78, 5) is 3.89. The maximum Gasteiger partial charge on any atom is 0.121 e. The molecule has 0 aromatic heterocycles. The zero-order valence-corrected chi connectivity index (χ0v) is 17.1. The van der Waals surface area contributed by atoms with Gasteiger partial charge < -0.3 is 4.74 Å². The third-order valence-electron chi connectivity index (χ3n) is 5.44. The van der Waals surface area contributed by atoms with E-state index in [0.717, 1.165) is 26.3 Å². The Labute approximate surface area is 176 Å². The molecule has 4 heteroatoms. The van der Waals surface area contributed by atoms with Crippen molar-refractivity contribution in [2.24, 2.45) is 0 Å². The van der Waals surface area contributed by atoms with Crippen molar-refractivity contribution in [3.63, 3.8) is 0 Å². The summed E-state index contributed by atoms with van der Waals surface area (Å²) in [5, 5.41) is 0. The Kier molecular flexibility index (Phi) is 5.39. The summed E-state index contributed by atoms with van der Waals surface area (Å²) in [5.74, 6) is 0. The van der Waals surface area contributed by atoms with Crippen LogP contribution in [0, 0.1) is 0 Å². The Balaban J connectivity index is 1.67. The van der Waals surface area contributed by atoms with E-state index in [1.807, 2.05) is 11.9 Å². The Morgan fingerprint density at radius 3 is 1.86 bits per heavy atom. The smallest absolute Gasteiger partial charge is 0.121 e. The fraction of sp³-hybridized carbons (Fsp3) is 0.200. The van der Waals surface area contributed by atoms with Crippen LogP contribution in [0.1, 0.15) is 11.1 Å². The Hall–Kier alpha value is -2.53. The zero-order chi connectivity index (χ0) is 19.5. The molecular weight excluding hydrogens is 376 g/mol. The molecule has 0 saturated carbocycles. The van der Waals surface area contributed by atoms with Gasteiger partial charge in [-0.2, -0.15) is 0 Å². The highest BCUT2D eigenvalue weighted by Crippen LogP contribution is 2.51. The number of nitrogens with zero attached hydrogens (tertiary/aromatic N) is 2. The Morgan fingerprint density at radius 1 is 0.690 bits per heavy atom. The van der Waals surface area contributed by atoms with E-state index < -0.39 is 0 Å². The molecule has 1 saturated heterocycles. The predicted molar refractivity (Wildman–Crippen MR) is 122 cm³/mol. The second-order valence-electron chi connectivity index (χ2n) is 7.25. The van der Waals surface area contributed by atoms with Gasteiger partial charge >= 0.3 is 0 Å². The van der Waals surface area contributed by atoms with Crippen LogP contribution < -0.4 is 4.31 Å². The summed E-state index contributed by atoms with van der Waals surface area (Å²) in [6.45, 7) is 3.44. The highest BCUT2D eigenvalue weighted by Gasteiger charge is 2.39. The maximum atomic E-state index is 5.67. The lowest BCUT2D eigenvalue weighted by Gasteiger charge is -2.39.